The Kier molecular flexibility index (Phi) is 6.48. The van der Waals surface area contributed by atoms with Gasteiger partial charge in [-0.05, 0) is 35.4 Å². The lowest BCUT2D eigenvalue weighted by molar-refractivity contribution is -0.118. The van der Waals surface area contributed by atoms with Crippen LogP contribution in [-0.2, 0) is 22.6 Å². The van der Waals surface area contributed by atoms with E-state index in [9.17, 15) is 9.59 Å². The molecule has 0 aromatic heterocycles. The van der Waals surface area contributed by atoms with E-state index in [0.717, 1.165) is 22.6 Å². The minimum absolute atomic E-state index is 0.119. The van der Waals surface area contributed by atoms with Crippen LogP contribution in [0.2, 0.25) is 0 Å². The second-order valence-electron chi connectivity index (χ2n) is 7.97. The van der Waals surface area contributed by atoms with Crippen LogP contribution in [-0.4, -0.2) is 62.1 Å². The fraction of sp³-hybridized carbons (Fsp3) is 0.292. The second kappa shape index (κ2) is 9.64. The first-order valence-electron chi connectivity index (χ1n) is 10.6. The summed E-state index contributed by atoms with van der Waals surface area (Å²) in [5, 5.41) is 2.91. The first-order chi connectivity index (χ1) is 15.9. The van der Waals surface area contributed by atoms with Gasteiger partial charge in [-0.3, -0.25) is 9.69 Å². The maximum absolute atomic E-state index is 12.8. The molecule has 0 bridgehead atoms. The smallest absolute Gasteiger partial charge is 0.348 e. The Morgan fingerprint density at radius 2 is 1.94 bits per heavy atom. The van der Waals surface area contributed by atoms with Crippen molar-refractivity contribution in [1.82, 2.24) is 15.1 Å². The van der Waals surface area contributed by atoms with Gasteiger partial charge in [0, 0.05) is 46.0 Å². The molecule has 0 fully saturated rings. The van der Waals surface area contributed by atoms with Crippen molar-refractivity contribution in [3.05, 3.63) is 71.6 Å². The van der Waals surface area contributed by atoms with Gasteiger partial charge in [-0.15, -0.1) is 4.99 Å². The number of hydrogen-bond acceptors (Lipinski definition) is 6. The van der Waals surface area contributed by atoms with Crippen molar-refractivity contribution in [3.8, 4) is 5.75 Å². The quantitative estimate of drug-likeness (QED) is 0.699. The average molecular weight is 450 g/mol. The molecule has 2 aliphatic heterocycles. The van der Waals surface area contributed by atoms with Crippen LogP contribution in [0.25, 0.3) is 0 Å². The Hall–Kier alpha value is -4.01. The number of aliphatic imine (C=N–C) groups is 1. The number of benzene rings is 2. The van der Waals surface area contributed by atoms with Crippen LogP contribution in [0.15, 0.2) is 65.5 Å². The van der Waals surface area contributed by atoms with Gasteiger partial charge in [0.05, 0.1) is 7.11 Å². The molecule has 33 heavy (non-hydrogen) atoms. The van der Waals surface area contributed by atoms with Crippen molar-refractivity contribution < 1.29 is 19.1 Å². The molecule has 9 heteroatoms. The molecule has 0 aliphatic carbocycles. The van der Waals surface area contributed by atoms with E-state index in [1.807, 2.05) is 67.5 Å². The van der Waals surface area contributed by atoms with Gasteiger partial charge in [0.25, 0.3) is 5.91 Å². The summed E-state index contributed by atoms with van der Waals surface area (Å²) >= 11 is 0. The third-order valence-electron chi connectivity index (χ3n) is 5.50. The van der Waals surface area contributed by atoms with Crippen molar-refractivity contribution in [2.24, 2.45) is 4.99 Å². The van der Waals surface area contributed by atoms with E-state index in [4.69, 9.17) is 9.47 Å². The Morgan fingerprint density at radius 1 is 1.15 bits per heavy atom. The molecule has 2 aromatic carbocycles. The van der Waals surface area contributed by atoms with E-state index in [2.05, 4.69) is 10.3 Å². The topological polar surface area (TPSA) is 86.7 Å². The number of urea groups is 1. The third kappa shape index (κ3) is 5.08. The van der Waals surface area contributed by atoms with Crippen molar-refractivity contribution in [2.45, 2.75) is 13.1 Å². The number of methoxy groups -OCH3 is 1. The summed E-state index contributed by atoms with van der Waals surface area (Å²) in [5.74, 6) is 0.439. The minimum atomic E-state index is -0.411. The lowest BCUT2D eigenvalue weighted by atomic mass is 10.2. The Bertz CT molecular complexity index is 1090. The Labute approximate surface area is 192 Å². The highest BCUT2D eigenvalue weighted by Gasteiger charge is 2.33. The minimum Gasteiger partial charge on any atom is -0.497 e. The highest BCUT2D eigenvalue weighted by Crippen LogP contribution is 2.21. The van der Waals surface area contributed by atoms with E-state index < -0.39 is 6.03 Å². The van der Waals surface area contributed by atoms with Crippen molar-refractivity contribution in [1.29, 1.82) is 0 Å². The highest BCUT2D eigenvalue weighted by atomic mass is 16.5. The number of hydrogen-bond donors (Lipinski definition) is 1. The van der Waals surface area contributed by atoms with E-state index in [-0.39, 0.29) is 11.9 Å². The maximum atomic E-state index is 12.8. The van der Waals surface area contributed by atoms with Crippen LogP contribution in [0.3, 0.4) is 0 Å². The van der Waals surface area contributed by atoms with E-state index in [1.165, 1.54) is 6.26 Å². The van der Waals surface area contributed by atoms with Gasteiger partial charge in [0.15, 0.2) is 0 Å². The molecule has 0 saturated heterocycles. The maximum Gasteiger partial charge on any atom is 0.348 e. The number of ether oxygens (including phenoxy) is 2. The van der Waals surface area contributed by atoms with E-state index >= 15 is 0 Å². The first-order valence-corrected chi connectivity index (χ1v) is 10.6. The lowest BCUT2D eigenvalue weighted by Gasteiger charge is -2.21. The van der Waals surface area contributed by atoms with Crippen LogP contribution in [0, 0.1) is 0 Å². The van der Waals surface area contributed by atoms with Gasteiger partial charge in [-0.1, -0.05) is 24.3 Å². The standard InChI is InChI=1S/C24H27N5O4/c1-27(2)19-9-7-17(8-10-19)14-25-22(30)21-16-33-24-26-23(31)28(11-12-29(21)24)15-18-5-4-6-20(13-18)32-3/h4-10,13,16H,11-12,14-15H2,1-3H3,(H,25,30). The molecule has 0 atom stereocenters. The SMILES string of the molecule is COc1cccc(CN2CCN3C(C(=O)NCc4ccc(N(C)C)cc4)=COC3=NC2=O)c1. The summed E-state index contributed by atoms with van der Waals surface area (Å²) in [6.45, 7) is 1.55. The second-order valence-corrected chi connectivity index (χ2v) is 7.97. The zero-order chi connectivity index (χ0) is 23.4. The number of fused-ring (bicyclic) bond motifs is 1. The molecule has 2 heterocycles. The number of rotatable bonds is 7. The number of anilines is 1. The van der Waals surface area contributed by atoms with Crippen LogP contribution in [0.5, 0.6) is 5.75 Å². The molecule has 0 unspecified atom stereocenters. The number of amides is 3. The van der Waals surface area contributed by atoms with Crippen LogP contribution >= 0.6 is 0 Å². The van der Waals surface area contributed by atoms with E-state index in [0.29, 0.717) is 31.9 Å². The fourth-order valence-electron chi connectivity index (χ4n) is 3.61. The number of nitrogens with zero attached hydrogens (tertiary/aromatic N) is 4. The molecule has 0 saturated carbocycles. The molecule has 1 N–H and O–H groups in total. The zero-order valence-electron chi connectivity index (χ0n) is 18.9. The molecule has 3 amide bonds. The fourth-order valence-corrected chi connectivity index (χ4v) is 3.61. The first kappa shape index (κ1) is 22.2. The lowest BCUT2D eigenvalue weighted by Crippen LogP contribution is -2.38. The van der Waals surface area contributed by atoms with Crippen LogP contribution in [0.1, 0.15) is 11.1 Å². The Balaban J connectivity index is 1.37. The average Bonchev–Trinajstić information content (AvgIpc) is 3.15. The molecule has 0 radical (unpaired) electrons. The summed E-state index contributed by atoms with van der Waals surface area (Å²) in [7, 11) is 5.56. The van der Waals surface area contributed by atoms with Gasteiger partial charge in [0.2, 0.25) is 0 Å². The van der Waals surface area contributed by atoms with Gasteiger partial charge in [-0.2, -0.15) is 0 Å². The molecule has 2 aromatic rings. The van der Waals surface area contributed by atoms with Gasteiger partial charge < -0.3 is 24.6 Å². The monoisotopic (exact) mass is 449 g/mol. The molecule has 2 aliphatic rings. The third-order valence-corrected chi connectivity index (χ3v) is 5.50. The van der Waals surface area contributed by atoms with E-state index in [1.54, 1.807) is 16.9 Å². The molecule has 4 rings (SSSR count). The summed E-state index contributed by atoms with van der Waals surface area (Å²) in [5.41, 5.74) is 3.33. The predicted molar refractivity (Wildman–Crippen MR) is 125 cm³/mol. The highest BCUT2D eigenvalue weighted by molar-refractivity contribution is 6.01. The van der Waals surface area contributed by atoms with Gasteiger partial charge in [-0.25, -0.2) is 4.79 Å². The van der Waals surface area contributed by atoms with Crippen LogP contribution in [0.4, 0.5) is 10.5 Å². The van der Waals surface area contributed by atoms with Crippen LogP contribution < -0.4 is 15.0 Å². The molecular formula is C24H27N5O4. The largest absolute Gasteiger partial charge is 0.497 e. The number of amidine groups is 1. The molecule has 172 valence electrons. The van der Waals surface area contributed by atoms with Gasteiger partial charge >= 0.3 is 12.1 Å². The van der Waals surface area contributed by atoms with Crippen molar-refractivity contribution in [2.75, 3.05) is 39.2 Å². The van der Waals surface area contributed by atoms with Gasteiger partial charge in [0.1, 0.15) is 17.7 Å². The summed E-state index contributed by atoms with van der Waals surface area (Å²) in [6, 6.07) is 15.2. The summed E-state index contributed by atoms with van der Waals surface area (Å²) in [4.78, 5) is 34.8. The molecular weight excluding hydrogens is 422 g/mol. The normalized spacial score (nSPS) is 15.2. The number of carbonyl (C=O) groups is 2. The number of carbonyl (C=O) groups excluding carboxylic acids is 2. The molecule has 9 nitrogen and oxygen atoms in total. The number of nitrogens with one attached hydrogen (secondary N) is 1. The summed E-state index contributed by atoms with van der Waals surface area (Å²) < 4.78 is 10.7. The van der Waals surface area contributed by atoms with Crippen molar-refractivity contribution >= 4 is 23.6 Å². The Morgan fingerprint density at radius 3 is 2.67 bits per heavy atom. The summed E-state index contributed by atoms with van der Waals surface area (Å²) in [6.07, 6.45) is 1.34. The predicted octanol–water partition coefficient (Wildman–Crippen LogP) is 2.54. The zero-order valence-corrected chi connectivity index (χ0v) is 18.9. The van der Waals surface area contributed by atoms with Crippen molar-refractivity contribution in [3.63, 3.8) is 0 Å². The molecule has 0 spiro atoms.